The van der Waals surface area contributed by atoms with Gasteiger partial charge in [-0.3, -0.25) is 0 Å². The fourth-order valence-electron chi connectivity index (χ4n) is 2.29. The maximum Gasteiger partial charge on any atom is 0.124 e. The Morgan fingerprint density at radius 2 is 1.76 bits per heavy atom. The number of nitrogens with one attached hydrogen (secondary N) is 1. The summed E-state index contributed by atoms with van der Waals surface area (Å²) in [6.45, 7) is 0. The molecule has 5 heteroatoms. The Morgan fingerprint density at radius 3 is 2.38 bits per heavy atom. The lowest BCUT2D eigenvalue weighted by Gasteiger charge is -2.22. The lowest BCUT2D eigenvalue weighted by Crippen LogP contribution is -2.19. The number of rotatable bonds is 5. The number of ether oxygens (including phenoxy) is 2. The van der Waals surface area contributed by atoms with Crippen molar-refractivity contribution >= 4 is 23.2 Å². The van der Waals surface area contributed by atoms with Gasteiger partial charge in [0.1, 0.15) is 11.5 Å². The molecule has 0 fully saturated rings. The zero-order valence-electron chi connectivity index (χ0n) is 12.1. The Kier molecular flexibility index (Phi) is 5.34. The van der Waals surface area contributed by atoms with Crippen molar-refractivity contribution < 1.29 is 9.47 Å². The molecule has 1 N–H and O–H groups in total. The molecule has 2 aromatic carbocycles. The van der Waals surface area contributed by atoms with Crippen LogP contribution in [-0.4, -0.2) is 21.3 Å². The summed E-state index contributed by atoms with van der Waals surface area (Å²) >= 11 is 12.5. The lowest BCUT2D eigenvalue weighted by atomic mass is 9.97. The van der Waals surface area contributed by atoms with Gasteiger partial charge in [-0.1, -0.05) is 35.3 Å². The molecular formula is C16H17Cl2NO2. The second-order valence-electron chi connectivity index (χ2n) is 4.47. The normalized spacial score (nSPS) is 12.0. The molecule has 0 bridgehead atoms. The highest BCUT2D eigenvalue weighted by molar-refractivity contribution is 6.42. The van der Waals surface area contributed by atoms with Gasteiger partial charge in [-0.25, -0.2) is 0 Å². The van der Waals surface area contributed by atoms with Crippen molar-refractivity contribution in [1.82, 2.24) is 5.32 Å². The van der Waals surface area contributed by atoms with E-state index in [9.17, 15) is 0 Å². The molecule has 0 saturated heterocycles. The molecule has 3 nitrogen and oxygen atoms in total. The van der Waals surface area contributed by atoms with Crippen LogP contribution < -0.4 is 14.8 Å². The zero-order valence-corrected chi connectivity index (χ0v) is 13.6. The van der Waals surface area contributed by atoms with Crippen LogP contribution in [0.25, 0.3) is 0 Å². The van der Waals surface area contributed by atoms with Gasteiger partial charge in [0.05, 0.1) is 30.3 Å². The first-order chi connectivity index (χ1) is 10.1. The smallest absolute Gasteiger partial charge is 0.124 e. The third-order valence-electron chi connectivity index (χ3n) is 3.33. The fraction of sp³-hybridized carbons (Fsp3) is 0.250. The van der Waals surface area contributed by atoms with E-state index >= 15 is 0 Å². The molecule has 0 heterocycles. The van der Waals surface area contributed by atoms with Gasteiger partial charge < -0.3 is 14.8 Å². The number of benzene rings is 2. The highest BCUT2D eigenvalue weighted by atomic mass is 35.5. The minimum atomic E-state index is -0.152. The van der Waals surface area contributed by atoms with Gasteiger partial charge in [-0.05, 0) is 36.9 Å². The highest BCUT2D eigenvalue weighted by Gasteiger charge is 2.21. The molecule has 0 radical (unpaired) electrons. The van der Waals surface area contributed by atoms with Crippen molar-refractivity contribution in [2.45, 2.75) is 6.04 Å². The van der Waals surface area contributed by atoms with Crippen LogP contribution in [0.15, 0.2) is 36.4 Å². The largest absolute Gasteiger partial charge is 0.497 e. The second kappa shape index (κ2) is 7.03. The monoisotopic (exact) mass is 325 g/mol. The standard InChI is InChI=1S/C16H17Cl2NO2/c1-19-16(11-5-4-6-13(17)15(11)18)12-9-10(20-2)7-8-14(12)21-3/h4-9,16,19H,1-3H3. The molecule has 1 atom stereocenters. The van der Waals surface area contributed by atoms with E-state index < -0.39 is 0 Å². The van der Waals surface area contributed by atoms with E-state index in [0.29, 0.717) is 10.0 Å². The molecule has 0 aliphatic heterocycles. The molecule has 0 amide bonds. The summed E-state index contributed by atoms with van der Waals surface area (Å²) < 4.78 is 10.7. The number of methoxy groups -OCH3 is 2. The maximum atomic E-state index is 6.34. The minimum Gasteiger partial charge on any atom is -0.497 e. The van der Waals surface area contributed by atoms with Crippen molar-refractivity contribution in [1.29, 1.82) is 0 Å². The van der Waals surface area contributed by atoms with E-state index in [1.807, 2.05) is 37.4 Å². The van der Waals surface area contributed by atoms with Crippen LogP contribution in [0.3, 0.4) is 0 Å². The first kappa shape index (κ1) is 16.0. The molecule has 2 rings (SSSR count). The summed E-state index contributed by atoms with van der Waals surface area (Å²) in [6.07, 6.45) is 0. The number of hydrogen-bond acceptors (Lipinski definition) is 3. The van der Waals surface area contributed by atoms with Crippen molar-refractivity contribution in [2.24, 2.45) is 0 Å². The first-order valence-corrected chi connectivity index (χ1v) is 7.21. The van der Waals surface area contributed by atoms with E-state index in [4.69, 9.17) is 32.7 Å². The second-order valence-corrected chi connectivity index (χ2v) is 5.26. The molecule has 0 saturated carbocycles. The molecule has 0 aliphatic carbocycles. The lowest BCUT2D eigenvalue weighted by molar-refractivity contribution is 0.395. The minimum absolute atomic E-state index is 0.152. The summed E-state index contributed by atoms with van der Waals surface area (Å²) in [5.74, 6) is 1.51. The van der Waals surface area contributed by atoms with E-state index in [1.165, 1.54) is 0 Å². The third-order valence-corrected chi connectivity index (χ3v) is 4.16. The van der Waals surface area contributed by atoms with E-state index in [0.717, 1.165) is 22.6 Å². The number of halogens is 2. The van der Waals surface area contributed by atoms with Crippen molar-refractivity contribution in [3.8, 4) is 11.5 Å². The topological polar surface area (TPSA) is 30.5 Å². The van der Waals surface area contributed by atoms with Gasteiger partial charge in [-0.2, -0.15) is 0 Å². The summed E-state index contributed by atoms with van der Waals surface area (Å²) in [7, 11) is 5.13. The average Bonchev–Trinajstić information content (AvgIpc) is 2.52. The summed E-state index contributed by atoms with van der Waals surface area (Å²) in [4.78, 5) is 0. The maximum absolute atomic E-state index is 6.34. The summed E-state index contributed by atoms with van der Waals surface area (Å²) in [6, 6.07) is 11.1. The van der Waals surface area contributed by atoms with Crippen LogP contribution in [0, 0.1) is 0 Å². The third kappa shape index (κ3) is 3.26. The van der Waals surface area contributed by atoms with Crippen LogP contribution in [0.1, 0.15) is 17.2 Å². The van der Waals surface area contributed by atoms with Crippen LogP contribution >= 0.6 is 23.2 Å². The van der Waals surface area contributed by atoms with Crippen LogP contribution in [-0.2, 0) is 0 Å². The Hall–Kier alpha value is -1.42. The van der Waals surface area contributed by atoms with Gasteiger partial charge >= 0.3 is 0 Å². The molecule has 0 aromatic heterocycles. The van der Waals surface area contributed by atoms with Crippen LogP contribution in [0.5, 0.6) is 11.5 Å². The summed E-state index contributed by atoms with van der Waals surface area (Å²) in [5, 5.41) is 4.31. The molecule has 0 spiro atoms. The predicted molar refractivity (Wildman–Crippen MR) is 86.9 cm³/mol. The molecule has 2 aromatic rings. The Bertz CT molecular complexity index is 632. The van der Waals surface area contributed by atoms with E-state index in [2.05, 4.69) is 5.32 Å². The van der Waals surface area contributed by atoms with E-state index in [-0.39, 0.29) is 6.04 Å². The van der Waals surface area contributed by atoms with Gasteiger partial charge in [0.25, 0.3) is 0 Å². The predicted octanol–water partition coefficient (Wildman–Crippen LogP) is 4.32. The molecule has 21 heavy (non-hydrogen) atoms. The zero-order chi connectivity index (χ0) is 15.4. The van der Waals surface area contributed by atoms with Crippen molar-refractivity contribution in [3.63, 3.8) is 0 Å². The molecule has 0 aliphatic rings. The highest BCUT2D eigenvalue weighted by Crippen LogP contribution is 2.37. The average molecular weight is 326 g/mol. The Labute approximate surface area is 134 Å². The van der Waals surface area contributed by atoms with Gasteiger partial charge in [0.2, 0.25) is 0 Å². The van der Waals surface area contributed by atoms with Crippen LogP contribution in [0.2, 0.25) is 10.0 Å². The quantitative estimate of drug-likeness (QED) is 0.888. The van der Waals surface area contributed by atoms with E-state index in [1.54, 1.807) is 20.3 Å². The van der Waals surface area contributed by atoms with Gasteiger partial charge in [-0.15, -0.1) is 0 Å². The molecular weight excluding hydrogens is 309 g/mol. The van der Waals surface area contributed by atoms with Crippen LogP contribution in [0.4, 0.5) is 0 Å². The molecule has 1 unspecified atom stereocenters. The summed E-state index contributed by atoms with van der Waals surface area (Å²) in [5.41, 5.74) is 1.82. The van der Waals surface area contributed by atoms with Crippen molar-refractivity contribution in [3.05, 3.63) is 57.6 Å². The Balaban J connectivity index is 2.57. The Morgan fingerprint density at radius 1 is 1.00 bits per heavy atom. The fourth-order valence-corrected chi connectivity index (χ4v) is 2.70. The molecule has 112 valence electrons. The SMILES string of the molecule is CNC(c1cc(OC)ccc1OC)c1cccc(Cl)c1Cl. The van der Waals surface area contributed by atoms with Gasteiger partial charge in [0.15, 0.2) is 0 Å². The van der Waals surface area contributed by atoms with Gasteiger partial charge in [0, 0.05) is 5.56 Å². The van der Waals surface area contributed by atoms with Crippen molar-refractivity contribution in [2.75, 3.05) is 21.3 Å². The number of hydrogen-bond donors (Lipinski definition) is 1. The first-order valence-electron chi connectivity index (χ1n) is 6.45.